The molecule has 1 unspecified atom stereocenters. The van der Waals surface area contributed by atoms with E-state index < -0.39 is 23.7 Å². The highest BCUT2D eigenvalue weighted by molar-refractivity contribution is 5.93. The number of carbonyl (C=O) groups is 2. The van der Waals surface area contributed by atoms with E-state index in [2.05, 4.69) is 6.07 Å². The predicted molar refractivity (Wildman–Crippen MR) is 165 cm³/mol. The molecule has 3 aromatic rings. The van der Waals surface area contributed by atoms with Crippen LogP contribution >= 0.6 is 0 Å². The molecule has 4 N–H and O–H groups in total. The number of hydrogen-bond donors (Lipinski definition) is 3. The number of aliphatic hydroxyl groups excluding tert-OH is 2. The number of hydrogen-bond acceptors (Lipinski definition) is 5. The van der Waals surface area contributed by atoms with Gasteiger partial charge in [-0.05, 0) is 67.5 Å². The van der Waals surface area contributed by atoms with E-state index in [0.717, 1.165) is 21.9 Å². The number of nitrogens with two attached hydrogens (primary N) is 1. The van der Waals surface area contributed by atoms with E-state index >= 15 is 0 Å². The van der Waals surface area contributed by atoms with Crippen LogP contribution in [-0.2, 0) is 22.4 Å². The molecule has 0 aliphatic carbocycles. The van der Waals surface area contributed by atoms with Gasteiger partial charge in [-0.3, -0.25) is 9.59 Å². The van der Waals surface area contributed by atoms with Crippen molar-refractivity contribution in [3.05, 3.63) is 96.1 Å². The van der Waals surface area contributed by atoms with E-state index in [1.54, 1.807) is 25.1 Å². The molecule has 0 bridgehead atoms. The van der Waals surface area contributed by atoms with Crippen molar-refractivity contribution >= 4 is 22.6 Å². The van der Waals surface area contributed by atoms with Gasteiger partial charge in [0.2, 0.25) is 11.8 Å². The van der Waals surface area contributed by atoms with E-state index in [-0.39, 0.29) is 18.4 Å². The van der Waals surface area contributed by atoms with Crippen LogP contribution in [0.1, 0.15) is 44.2 Å². The number of fused-ring (bicyclic) bond motifs is 1. The number of rotatable bonds is 14. The van der Waals surface area contributed by atoms with E-state index in [1.807, 2.05) is 80.6 Å². The molecule has 2 amide bonds. The first-order valence-corrected chi connectivity index (χ1v) is 14.3. The maximum Gasteiger partial charge on any atom is 0.246 e. The maximum atomic E-state index is 14.2. The largest absolute Gasteiger partial charge is 0.396 e. The molecule has 0 aliphatic heterocycles. The minimum Gasteiger partial charge on any atom is -0.396 e. The summed E-state index contributed by atoms with van der Waals surface area (Å²) < 4.78 is 0. The normalized spacial score (nSPS) is 14.1. The van der Waals surface area contributed by atoms with Crippen molar-refractivity contribution in [2.45, 2.75) is 69.7 Å². The first-order valence-electron chi connectivity index (χ1n) is 14.3. The molecule has 0 radical (unpaired) electrons. The Morgan fingerprint density at radius 2 is 1.56 bits per heavy atom. The van der Waals surface area contributed by atoms with Gasteiger partial charge in [-0.2, -0.15) is 0 Å². The standard InChI is InChI=1S/C34H45N3O4/c1-34(2,35)20-10-17-32(40)36(3)30(24-26-18-19-27-14-8-9-15-28(27)22-26)33(41)37(4)29(31(39)16-11-21-38)23-25-12-6-5-7-13-25/h5-10,12-15,17-19,22,29-31,38-39H,11,16,20-21,23-24,35H2,1-4H3/b17-10+/t29-,30-,31?/m1/s1. The van der Waals surface area contributed by atoms with Gasteiger partial charge < -0.3 is 25.7 Å². The van der Waals surface area contributed by atoms with Gasteiger partial charge in [0.05, 0.1) is 12.1 Å². The Labute approximate surface area is 244 Å². The van der Waals surface area contributed by atoms with Gasteiger partial charge in [0.25, 0.3) is 0 Å². The number of aliphatic hydroxyl groups is 2. The zero-order valence-corrected chi connectivity index (χ0v) is 24.7. The Balaban J connectivity index is 1.94. The average molecular weight is 560 g/mol. The van der Waals surface area contributed by atoms with Crippen LogP contribution in [0.3, 0.4) is 0 Å². The number of likely N-dealkylation sites (N-methyl/N-ethyl adjacent to an activating group) is 2. The number of nitrogens with zero attached hydrogens (tertiary/aromatic N) is 2. The van der Waals surface area contributed by atoms with Crippen LogP contribution in [0.4, 0.5) is 0 Å². The van der Waals surface area contributed by atoms with Crippen LogP contribution in [0.5, 0.6) is 0 Å². The number of carbonyl (C=O) groups excluding carboxylic acids is 2. The van der Waals surface area contributed by atoms with Crippen molar-refractivity contribution in [1.29, 1.82) is 0 Å². The molecule has 3 atom stereocenters. The van der Waals surface area contributed by atoms with Crippen molar-refractivity contribution < 1.29 is 19.8 Å². The molecule has 41 heavy (non-hydrogen) atoms. The summed E-state index contributed by atoms with van der Waals surface area (Å²) in [6.45, 7) is 3.74. The van der Waals surface area contributed by atoms with Gasteiger partial charge in [-0.15, -0.1) is 0 Å². The second kappa shape index (κ2) is 14.9. The Morgan fingerprint density at radius 3 is 2.22 bits per heavy atom. The van der Waals surface area contributed by atoms with Gasteiger partial charge in [-0.25, -0.2) is 0 Å². The molecular weight excluding hydrogens is 514 g/mol. The number of amides is 2. The maximum absolute atomic E-state index is 14.2. The van der Waals surface area contributed by atoms with Crippen molar-refractivity contribution in [1.82, 2.24) is 9.80 Å². The number of benzene rings is 3. The molecule has 0 heterocycles. The van der Waals surface area contributed by atoms with E-state index in [4.69, 9.17) is 5.73 Å². The molecule has 0 spiro atoms. The monoisotopic (exact) mass is 559 g/mol. The summed E-state index contributed by atoms with van der Waals surface area (Å²) in [5.41, 5.74) is 7.55. The lowest BCUT2D eigenvalue weighted by atomic mass is 9.95. The Hall–Kier alpha value is -3.52. The van der Waals surface area contributed by atoms with Crippen LogP contribution in [0.15, 0.2) is 84.9 Å². The van der Waals surface area contributed by atoms with Gasteiger partial charge in [0, 0.05) is 32.7 Å². The third-order valence-electron chi connectivity index (χ3n) is 7.48. The average Bonchev–Trinajstić information content (AvgIpc) is 2.96. The zero-order valence-electron chi connectivity index (χ0n) is 24.7. The summed E-state index contributed by atoms with van der Waals surface area (Å²) >= 11 is 0. The summed E-state index contributed by atoms with van der Waals surface area (Å²) in [7, 11) is 3.34. The summed E-state index contributed by atoms with van der Waals surface area (Å²) in [5, 5.41) is 22.7. The molecule has 7 nitrogen and oxygen atoms in total. The van der Waals surface area contributed by atoms with Gasteiger partial charge in [-0.1, -0.05) is 78.9 Å². The Kier molecular flexibility index (Phi) is 11.6. The lowest BCUT2D eigenvalue weighted by Gasteiger charge is -2.37. The van der Waals surface area contributed by atoms with E-state index in [1.165, 1.54) is 11.0 Å². The van der Waals surface area contributed by atoms with Crippen molar-refractivity contribution in [2.75, 3.05) is 20.7 Å². The quantitative estimate of drug-likeness (QED) is 0.258. The first-order chi connectivity index (χ1) is 19.5. The van der Waals surface area contributed by atoms with Crippen LogP contribution in [0.2, 0.25) is 0 Å². The van der Waals surface area contributed by atoms with Gasteiger partial charge in [0.15, 0.2) is 0 Å². The molecule has 3 rings (SSSR count). The summed E-state index contributed by atoms with van der Waals surface area (Å²) in [6.07, 6.45) is 4.45. The highest BCUT2D eigenvalue weighted by atomic mass is 16.3. The molecule has 0 fully saturated rings. The second-order valence-corrected chi connectivity index (χ2v) is 11.6. The highest BCUT2D eigenvalue weighted by Crippen LogP contribution is 2.21. The predicted octanol–water partition coefficient (Wildman–Crippen LogP) is 4.10. The third kappa shape index (κ3) is 9.52. The van der Waals surface area contributed by atoms with Crippen LogP contribution < -0.4 is 5.73 Å². The molecule has 220 valence electrons. The molecular formula is C34H45N3O4. The third-order valence-corrected chi connectivity index (χ3v) is 7.48. The minimum absolute atomic E-state index is 0.0411. The summed E-state index contributed by atoms with van der Waals surface area (Å²) in [5.74, 6) is -0.548. The molecule has 0 saturated carbocycles. The zero-order chi connectivity index (χ0) is 30.0. The fraction of sp³-hybridized carbons (Fsp3) is 0.412. The van der Waals surface area contributed by atoms with Gasteiger partial charge >= 0.3 is 0 Å². The van der Waals surface area contributed by atoms with Crippen molar-refractivity contribution in [3.63, 3.8) is 0 Å². The van der Waals surface area contributed by atoms with Crippen LogP contribution in [0, 0.1) is 0 Å². The fourth-order valence-corrected chi connectivity index (χ4v) is 4.99. The fourth-order valence-electron chi connectivity index (χ4n) is 4.99. The molecule has 3 aromatic carbocycles. The van der Waals surface area contributed by atoms with E-state index in [0.29, 0.717) is 32.1 Å². The molecule has 7 heteroatoms. The summed E-state index contributed by atoms with van der Waals surface area (Å²) in [4.78, 5) is 30.6. The highest BCUT2D eigenvalue weighted by Gasteiger charge is 2.34. The topological polar surface area (TPSA) is 107 Å². The Bertz CT molecular complexity index is 1300. The SMILES string of the molecule is CN(C(=O)/C=C/CC(C)(C)N)[C@H](Cc1ccc2ccccc2c1)C(=O)N(C)[C@H](Cc1ccccc1)C(O)CCCO. The molecule has 0 aromatic heterocycles. The smallest absolute Gasteiger partial charge is 0.246 e. The second-order valence-electron chi connectivity index (χ2n) is 11.6. The van der Waals surface area contributed by atoms with Crippen molar-refractivity contribution in [2.24, 2.45) is 5.73 Å². The first kappa shape index (κ1) is 32.0. The minimum atomic E-state index is -0.842. The van der Waals surface area contributed by atoms with Gasteiger partial charge in [0.1, 0.15) is 6.04 Å². The molecule has 0 saturated heterocycles. The van der Waals surface area contributed by atoms with Crippen LogP contribution in [0.25, 0.3) is 10.8 Å². The molecule has 0 aliphatic rings. The lowest BCUT2D eigenvalue weighted by Crippen LogP contribution is -2.54. The summed E-state index contributed by atoms with van der Waals surface area (Å²) in [6, 6.07) is 22.5. The van der Waals surface area contributed by atoms with E-state index in [9.17, 15) is 19.8 Å². The lowest BCUT2D eigenvalue weighted by molar-refractivity contribution is -0.144. The van der Waals surface area contributed by atoms with Crippen LogP contribution in [-0.4, -0.2) is 76.3 Å². The van der Waals surface area contributed by atoms with Crippen molar-refractivity contribution in [3.8, 4) is 0 Å². The Morgan fingerprint density at radius 1 is 0.902 bits per heavy atom.